The Morgan fingerprint density at radius 1 is 1.18 bits per heavy atom. The molecule has 0 unspecified atom stereocenters. The molecule has 2 aromatic carbocycles. The molecule has 1 amide bonds. The number of hydrogen-bond donors (Lipinski definition) is 1. The van der Waals surface area contributed by atoms with E-state index in [2.05, 4.69) is 27.9 Å². The summed E-state index contributed by atoms with van der Waals surface area (Å²) in [5.41, 5.74) is 2.56. The van der Waals surface area contributed by atoms with Crippen molar-refractivity contribution in [3.63, 3.8) is 0 Å². The number of carbonyl (C=O) groups is 1. The summed E-state index contributed by atoms with van der Waals surface area (Å²) >= 11 is 14.2. The van der Waals surface area contributed by atoms with Crippen LogP contribution < -0.4 is 10.1 Å². The van der Waals surface area contributed by atoms with E-state index in [9.17, 15) is 4.79 Å². The van der Waals surface area contributed by atoms with Gasteiger partial charge in [-0.05, 0) is 77.9 Å². The molecule has 0 aliphatic carbocycles. The van der Waals surface area contributed by atoms with Crippen molar-refractivity contribution in [1.29, 1.82) is 0 Å². The molecular formula is C16H14Cl2INO2. The molecule has 6 heteroatoms. The normalized spacial score (nSPS) is 10.4. The molecule has 0 aromatic heterocycles. The highest BCUT2D eigenvalue weighted by atomic mass is 127. The van der Waals surface area contributed by atoms with E-state index in [1.165, 1.54) is 0 Å². The number of ether oxygens (including phenoxy) is 1. The molecular weight excluding hydrogens is 436 g/mol. The van der Waals surface area contributed by atoms with E-state index in [-0.39, 0.29) is 12.5 Å². The van der Waals surface area contributed by atoms with Gasteiger partial charge in [-0.25, -0.2) is 0 Å². The molecule has 0 aliphatic rings. The van der Waals surface area contributed by atoms with Gasteiger partial charge in [0.2, 0.25) is 0 Å². The fraction of sp³-hybridized carbons (Fsp3) is 0.188. The zero-order valence-corrected chi connectivity index (χ0v) is 15.7. The Hall–Kier alpha value is -0.980. The van der Waals surface area contributed by atoms with Gasteiger partial charge in [0.25, 0.3) is 5.91 Å². The number of nitrogens with one attached hydrogen (secondary N) is 1. The number of carbonyl (C=O) groups excluding carboxylic acids is 1. The second-order valence-electron chi connectivity index (χ2n) is 4.83. The SMILES string of the molecule is Cc1cc(I)ccc1NC(=O)COc1c(C)cc(Cl)cc1Cl. The fourth-order valence-electron chi connectivity index (χ4n) is 1.96. The summed E-state index contributed by atoms with van der Waals surface area (Å²) in [5, 5.41) is 3.75. The average Bonchev–Trinajstić information content (AvgIpc) is 2.40. The first-order valence-electron chi connectivity index (χ1n) is 6.51. The molecule has 0 heterocycles. The smallest absolute Gasteiger partial charge is 0.262 e. The molecule has 0 fully saturated rings. The molecule has 0 saturated heterocycles. The summed E-state index contributed by atoms with van der Waals surface area (Å²) in [7, 11) is 0. The number of aryl methyl sites for hydroxylation is 2. The van der Waals surface area contributed by atoms with Gasteiger partial charge in [0.05, 0.1) is 5.02 Å². The van der Waals surface area contributed by atoms with Crippen LogP contribution in [0, 0.1) is 17.4 Å². The maximum absolute atomic E-state index is 12.0. The zero-order valence-electron chi connectivity index (χ0n) is 12.0. The van der Waals surface area contributed by atoms with Crippen LogP contribution in [0.1, 0.15) is 11.1 Å². The quantitative estimate of drug-likeness (QED) is 0.648. The van der Waals surface area contributed by atoms with Gasteiger partial charge in [-0.2, -0.15) is 0 Å². The molecule has 0 spiro atoms. The molecule has 116 valence electrons. The van der Waals surface area contributed by atoms with Crippen LogP contribution in [-0.4, -0.2) is 12.5 Å². The predicted octanol–water partition coefficient (Wildman–Crippen LogP) is 5.23. The number of rotatable bonds is 4. The summed E-state index contributed by atoms with van der Waals surface area (Å²) in [6, 6.07) is 9.13. The van der Waals surface area contributed by atoms with Gasteiger partial charge in [0.15, 0.2) is 6.61 Å². The maximum atomic E-state index is 12.0. The molecule has 2 aromatic rings. The Labute approximate surface area is 153 Å². The third-order valence-corrected chi connectivity index (χ3v) is 4.17. The lowest BCUT2D eigenvalue weighted by molar-refractivity contribution is -0.118. The monoisotopic (exact) mass is 449 g/mol. The number of benzene rings is 2. The van der Waals surface area contributed by atoms with Gasteiger partial charge in [0.1, 0.15) is 5.75 Å². The van der Waals surface area contributed by atoms with Crippen LogP contribution in [-0.2, 0) is 4.79 Å². The zero-order chi connectivity index (χ0) is 16.3. The summed E-state index contributed by atoms with van der Waals surface area (Å²) < 4.78 is 6.63. The molecule has 22 heavy (non-hydrogen) atoms. The Balaban J connectivity index is 2.02. The third-order valence-electron chi connectivity index (χ3n) is 3.00. The van der Waals surface area contributed by atoms with Crippen LogP contribution in [0.25, 0.3) is 0 Å². The minimum atomic E-state index is -0.241. The van der Waals surface area contributed by atoms with Crippen molar-refractivity contribution in [2.24, 2.45) is 0 Å². The van der Waals surface area contributed by atoms with E-state index < -0.39 is 0 Å². The van der Waals surface area contributed by atoms with Crippen LogP contribution in [0.3, 0.4) is 0 Å². The summed E-state index contributed by atoms with van der Waals surface area (Å²) in [6.45, 7) is 3.65. The van der Waals surface area contributed by atoms with E-state index in [0.717, 1.165) is 20.4 Å². The number of hydrogen-bond acceptors (Lipinski definition) is 2. The molecule has 3 nitrogen and oxygen atoms in total. The first kappa shape index (κ1) is 17.4. The lowest BCUT2D eigenvalue weighted by Crippen LogP contribution is -2.21. The van der Waals surface area contributed by atoms with Gasteiger partial charge in [-0.1, -0.05) is 23.2 Å². The van der Waals surface area contributed by atoms with E-state index in [1.807, 2.05) is 32.0 Å². The Morgan fingerprint density at radius 2 is 1.91 bits per heavy atom. The van der Waals surface area contributed by atoms with Crippen molar-refractivity contribution in [2.45, 2.75) is 13.8 Å². The fourth-order valence-corrected chi connectivity index (χ4v) is 3.26. The van der Waals surface area contributed by atoms with E-state index in [1.54, 1.807) is 12.1 Å². The third kappa shape index (κ3) is 4.51. The van der Waals surface area contributed by atoms with Gasteiger partial charge in [-0.15, -0.1) is 0 Å². The number of halogens is 3. The lowest BCUT2D eigenvalue weighted by atomic mass is 10.2. The minimum Gasteiger partial charge on any atom is -0.482 e. The molecule has 2 rings (SSSR count). The Bertz CT molecular complexity index is 696. The standard InChI is InChI=1S/C16H14Cl2INO2/c1-9-6-12(19)3-4-14(9)20-15(21)8-22-16-10(2)5-11(17)7-13(16)18/h3-7H,8H2,1-2H3,(H,20,21). The highest BCUT2D eigenvalue weighted by molar-refractivity contribution is 14.1. The minimum absolute atomic E-state index is 0.117. The molecule has 0 radical (unpaired) electrons. The van der Waals surface area contributed by atoms with Crippen molar-refractivity contribution < 1.29 is 9.53 Å². The first-order valence-corrected chi connectivity index (χ1v) is 8.34. The predicted molar refractivity (Wildman–Crippen MR) is 99.2 cm³/mol. The second-order valence-corrected chi connectivity index (χ2v) is 6.92. The van der Waals surface area contributed by atoms with Crippen LogP contribution in [0.15, 0.2) is 30.3 Å². The van der Waals surface area contributed by atoms with Gasteiger partial charge < -0.3 is 10.1 Å². The molecule has 0 bridgehead atoms. The van der Waals surface area contributed by atoms with Crippen molar-refractivity contribution >= 4 is 57.4 Å². The van der Waals surface area contributed by atoms with Crippen molar-refractivity contribution in [2.75, 3.05) is 11.9 Å². The molecule has 0 saturated carbocycles. The molecule has 1 N–H and O–H groups in total. The van der Waals surface area contributed by atoms with Crippen molar-refractivity contribution in [1.82, 2.24) is 0 Å². The topological polar surface area (TPSA) is 38.3 Å². The number of amides is 1. The first-order chi connectivity index (χ1) is 10.4. The molecule has 0 atom stereocenters. The number of anilines is 1. The van der Waals surface area contributed by atoms with Gasteiger partial charge >= 0.3 is 0 Å². The summed E-state index contributed by atoms with van der Waals surface area (Å²) in [4.78, 5) is 12.0. The van der Waals surface area contributed by atoms with Crippen LogP contribution >= 0.6 is 45.8 Å². The Morgan fingerprint density at radius 3 is 2.55 bits per heavy atom. The highest BCUT2D eigenvalue weighted by Gasteiger charge is 2.11. The lowest BCUT2D eigenvalue weighted by Gasteiger charge is -2.12. The van der Waals surface area contributed by atoms with E-state index in [0.29, 0.717) is 15.8 Å². The second kappa shape index (κ2) is 7.53. The van der Waals surface area contributed by atoms with Crippen molar-refractivity contribution in [3.8, 4) is 5.75 Å². The largest absolute Gasteiger partial charge is 0.482 e. The van der Waals surface area contributed by atoms with Crippen LogP contribution in [0.5, 0.6) is 5.75 Å². The van der Waals surface area contributed by atoms with E-state index >= 15 is 0 Å². The molecule has 0 aliphatic heterocycles. The maximum Gasteiger partial charge on any atom is 0.262 e. The van der Waals surface area contributed by atoms with Crippen LogP contribution in [0.4, 0.5) is 5.69 Å². The van der Waals surface area contributed by atoms with Crippen LogP contribution in [0.2, 0.25) is 10.0 Å². The Kier molecular flexibility index (Phi) is 5.94. The summed E-state index contributed by atoms with van der Waals surface area (Å²) in [6.07, 6.45) is 0. The van der Waals surface area contributed by atoms with Crippen molar-refractivity contribution in [3.05, 3.63) is 55.1 Å². The van der Waals surface area contributed by atoms with E-state index in [4.69, 9.17) is 27.9 Å². The summed E-state index contributed by atoms with van der Waals surface area (Å²) in [5.74, 6) is 0.232. The van der Waals surface area contributed by atoms with Gasteiger partial charge in [-0.3, -0.25) is 4.79 Å². The highest BCUT2D eigenvalue weighted by Crippen LogP contribution is 2.31. The van der Waals surface area contributed by atoms with Gasteiger partial charge in [0, 0.05) is 14.3 Å². The average molecular weight is 450 g/mol.